The van der Waals surface area contributed by atoms with Crippen LogP contribution in [0.3, 0.4) is 0 Å². The molecule has 25 heavy (non-hydrogen) atoms. The molecule has 7 heteroatoms. The van der Waals surface area contributed by atoms with Crippen molar-refractivity contribution in [1.29, 1.82) is 0 Å². The van der Waals surface area contributed by atoms with Gasteiger partial charge >= 0.3 is 0 Å². The summed E-state index contributed by atoms with van der Waals surface area (Å²) in [4.78, 5) is 22.7. The number of hydrogen-bond donors (Lipinski definition) is 2. The number of ether oxygens (including phenoxy) is 1. The molecule has 132 valence electrons. The summed E-state index contributed by atoms with van der Waals surface area (Å²) in [5, 5.41) is 11.7. The summed E-state index contributed by atoms with van der Waals surface area (Å²) < 4.78 is 5.60. The molecule has 5 nitrogen and oxygen atoms in total. The maximum Gasteiger partial charge on any atom is 0.286 e. The normalized spacial score (nSPS) is 17.6. The quantitative estimate of drug-likeness (QED) is 0.806. The summed E-state index contributed by atoms with van der Waals surface area (Å²) in [6.45, 7) is 0.165. The Bertz CT molecular complexity index is 724. The van der Waals surface area contributed by atoms with Crippen molar-refractivity contribution < 1.29 is 19.4 Å². The van der Waals surface area contributed by atoms with Crippen molar-refractivity contribution >= 4 is 35.3 Å². The zero-order valence-corrected chi connectivity index (χ0v) is 14.9. The number of carbonyl (C=O) groups is 2. The highest BCUT2D eigenvalue weighted by Gasteiger charge is 2.31. The molecular formula is C18H18ClNO4S. The number of carbonyl (C=O) groups excluding carboxylic acids is 2. The van der Waals surface area contributed by atoms with E-state index in [2.05, 4.69) is 5.32 Å². The summed E-state index contributed by atoms with van der Waals surface area (Å²) in [6.07, 6.45) is -0.190. The average Bonchev–Trinajstić information content (AvgIpc) is 2.92. The molecule has 0 aliphatic carbocycles. The molecule has 1 saturated heterocycles. The first kappa shape index (κ1) is 19.3. The van der Waals surface area contributed by atoms with Gasteiger partial charge in [0.1, 0.15) is 18.5 Å². The molecule has 1 aliphatic heterocycles. The minimum Gasteiger partial charge on any atom is -0.491 e. The van der Waals surface area contributed by atoms with Crippen LogP contribution in [0.4, 0.5) is 4.79 Å². The van der Waals surface area contributed by atoms with Crippen LogP contribution in [0.2, 0.25) is 0 Å². The second-order valence-electron chi connectivity index (χ2n) is 5.47. The topological polar surface area (TPSA) is 75.6 Å². The highest BCUT2D eigenvalue weighted by molar-refractivity contribution is 8.15. The number of aliphatic hydroxyl groups is 1. The van der Waals surface area contributed by atoms with Gasteiger partial charge in [-0.2, -0.15) is 0 Å². The SMILES string of the molecule is Cl.O=C1NC(=O)C(Cc2ccc(OC[C@H](O)c3ccccc3)cc2)S1. The van der Waals surface area contributed by atoms with Crippen LogP contribution in [0, 0.1) is 0 Å². The molecule has 3 rings (SSSR count). The van der Waals surface area contributed by atoms with E-state index >= 15 is 0 Å². The molecule has 0 aromatic heterocycles. The number of halogens is 1. The largest absolute Gasteiger partial charge is 0.491 e. The number of hydrogen-bond acceptors (Lipinski definition) is 5. The zero-order chi connectivity index (χ0) is 16.9. The number of nitrogens with one attached hydrogen (secondary N) is 1. The Balaban J connectivity index is 0.00000225. The van der Waals surface area contributed by atoms with Gasteiger partial charge in [-0.05, 0) is 29.7 Å². The monoisotopic (exact) mass is 379 g/mol. The lowest BCUT2D eigenvalue weighted by Gasteiger charge is -2.13. The molecule has 0 spiro atoms. The van der Waals surface area contributed by atoms with Gasteiger partial charge in [-0.25, -0.2) is 0 Å². The molecular weight excluding hydrogens is 362 g/mol. The molecule has 1 unspecified atom stereocenters. The molecule has 2 aromatic carbocycles. The lowest BCUT2D eigenvalue weighted by molar-refractivity contribution is -0.118. The van der Waals surface area contributed by atoms with E-state index < -0.39 is 6.10 Å². The van der Waals surface area contributed by atoms with E-state index in [1.54, 1.807) is 12.1 Å². The van der Waals surface area contributed by atoms with Crippen molar-refractivity contribution in [1.82, 2.24) is 5.32 Å². The van der Waals surface area contributed by atoms with Gasteiger partial charge in [-0.15, -0.1) is 12.4 Å². The number of aliphatic hydroxyl groups excluding tert-OH is 1. The Morgan fingerprint density at radius 3 is 2.36 bits per heavy atom. The summed E-state index contributed by atoms with van der Waals surface area (Å²) in [5.74, 6) is 0.407. The number of rotatable bonds is 6. The number of amides is 2. The Labute approximate surface area is 156 Å². The van der Waals surface area contributed by atoms with Crippen LogP contribution in [0.25, 0.3) is 0 Å². The summed E-state index contributed by atoms with van der Waals surface area (Å²) >= 11 is 1.02. The molecule has 0 radical (unpaired) electrons. The molecule has 1 fully saturated rings. The smallest absolute Gasteiger partial charge is 0.286 e. The first-order valence-corrected chi connectivity index (χ1v) is 8.46. The molecule has 1 aliphatic rings. The fourth-order valence-electron chi connectivity index (χ4n) is 2.41. The third kappa shape index (κ3) is 5.22. The van der Waals surface area contributed by atoms with E-state index in [0.717, 1.165) is 22.9 Å². The Kier molecular flexibility index (Phi) is 6.87. The van der Waals surface area contributed by atoms with Crippen LogP contribution in [0.5, 0.6) is 5.75 Å². The highest BCUT2D eigenvalue weighted by atomic mass is 35.5. The van der Waals surface area contributed by atoms with Crippen LogP contribution >= 0.6 is 24.2 Å². The van der Waals surface area contributed by atoms with E-state index in [-0.39, 0.29) is 35.4 Å². The standard InChI is InChI=1S/C18H17NO4S.ClH/c20-15(13-4-2-1-3-5-13)11-23-14-8-6-12(7-9-14)10-16-17(21)19-18(22)24-16;/h1-9,15-16,20H,10-11H2,(H,19,21,22);1H/t15-,16?;/m0./s1. The van der Waals surface area contributed by atoms with E-state index in [4.69, 9.17) is 4.74 Å². The predicted molar refractivity (Wildman–Crippen MR) is 99.2 cm³/mol. The Morgan fingerprint density at radius 1 is 1.08 bits per heavy atom. The van der Waals surface area contributed by atoms with Crippen molar-refractivity contribution in [2.24, 2.45) is 0 Å². The lowest BCUT2D eigenvalue weighted by Crippen LogP contribution is -2.25. The van der Waals surface area contributed by atoms with E-state index in [1.165, 1.54) is 0 Å². The first-order chi connectivity index (χ1) is 11.6. The van der Waals surface area contributed by atoms with Crippen LogP contribution in [0.15, 0.2) is 54.6 Å². The summed E-state index contributed by atoms with van der Waals surface area (Å²) in [7, 11) is 0. The van der Waals surface area contributed by atoms with Gasteiger partial charge < -0.3 is 9.84 Å². The van der Waals surface area contributed by atoms with E-state index in [9.17, 15) is 14.7 Å². The lowest BCUT2D eigenvalue weighted by atomic mass is 10.1. The summed E-state index contributed by atoms with van der Waals surface area (Å²) in [5.41, 5.74) is 1.76. The molecule has 2 N–H and O–H groups in total. The number of thioether (sulfide) groups is 1. The minimum atomic E-state index is -0.685. The van der Waals surface area contributed by atoms with Gasteiger partial charge in [-0.3, -0.25) is 14.9 Å². The van der Waals surface area contributed by atoms with Crippen LogP contribution in [0.1, 0.15) is 17.2 Å². The van der Waals surface area contributed by atoms with Crippen molar-refractivity contribution in [2.45, 2.75) is 17.8 Å². The van der Waals surface area contributed by atoms with Crippen molar-refractivity contribution in [3.8, 4) is 5.75 Å². The molecule has 0 saturated carbocycles. The second-order valence-corrected chi connectivity index (χ2v) is 6.64. The third-order valence-electron chi connectivity index (χ3n) is 3.70. The van der Waals surface area contributed by atoms with Crippen molar-refractivity contribution in [3.05, 3.63) is 65.7 Å². The fourth-order valence-corrected chi connectivity index (χ4v) is 3.27. The summed E-state index contributed by atoms with van der Waals surface area (Å²) in [6, 6.07) is 16.7. The molecule has 1 heterocycles. The maximum absolute atomic E-state index is 11.6. The van der Waals surface area contributed by atoms with Crippen LogP contribution < -0.4 is 10.1 Å². The average molecular weight is 380 g/mol. The van der Waals surface area contributed by atoms with E-state index in [1.807, 2.05) is 42.5 Å². The van der Waals surface area contributed by atoms with Crippen molar-refractivity contribution in [2.75, 3.05) is 6.61 Å². The Hall–Kier alpha value is -2.02. The molecule has 2 atom stereocenters. The van der Waals surface area contributed by atoms with Gasteiger partial charge in [0.15, 0.2) is 0 Å². The molecule has 2 aromatic rings. The second kappa shape index (κ2) is 8.89. The first-order valence-electron chi connectivity index (χ1n) is 7.58. The number of benzene rings is 2. The van der Waals surface area contributed by atoms with Crippen LogP contribution in [-0.2, 0) is 11.2 Å². The van der Waals surface area contributed by atoms with Gasteiger partial charge in [0.2, 0.25) is 5.91 Å². The van der Waals surface area contributed by atoms with Gasteiger partial charge in [0, 0.05) is 0 Å². The fraction of sp³-hybridized carbons (Fsp3) is 0.222. The molecule has 0 bridgehead atoms. The number of imide groups is 1. The Morgan fingerprint density at radius 2 is 1.76 bits per heavy atom. The third-order valence-corrected chi connectivity index (χ3v) is 4.69. The maximum atomic E-state index is 11.6. The van der Waals surface area contributed by atoms with Gasteiger partial charge in [0.25, 0.3) is 5.24 Å². The van der Waals surface area contributed by atoms with Crippen molar-refractivity contribution in [3.63, 3.8) is 0 Å². The minimum absolute atomic E-state index is 0. The van der Waals surface area contributed by atoms with E-state index in [0.29, 0.717) is 12.2 Å². The molecule has 2 amide bonds. The van der Waals surface area contributed by atoms with Gasteiger partial charge in [-0.1, -0.05) is 54.2 Å². The highest BCUT2D eigenvalue weighted by Crippen LogP contribution is 2.24. The van der Waals surface area contributed by atoms with Gasteiger partial charge in [0.05, 0.1) is 5.25 Å². The zero-order valence-electron chi connectivity index (χ0n) is 13.3. The predicted octanol–water partition coefficient (Wildman–Crippen LogP) is 3.11. The van der Waals surface area contributed by atoms with Crippen LogP contribution in [-0.4, -0.2) is 28.1 Å².